The van der Waals surface area contributed by atoms with Crippen LogP contribution in [0.4, 0.5) is 11.4 Å². The quantitative estimate of drug-likeness (QED) is 0.470. The van der Waals surface area contributed by atoms with Crippen LogP contribution in [0.25, 0.3) is 0 Å². The maximum atomic E-state index is 12.4. The van der Waals surface area contributed by atoms with Crippen LogP contribution in [0.15, 0.2) is 78.0 Å². The number of anilines is 2. The molecule has 0 saturated carbocycles. The molecule has 2 aromatic carbocycles. The van der Waals surface area contributed by atoms with E-state index in [4.69, 9.17) is 11.6 Å². The summed E-state index contributed by atoms with van der Waals surface area (Å²) in [4.78, 5) is 25.8. The highest BCUT2D eigenvalue weighted by molar-refractivity contribution is 7.98. The Hall–Kier alpha value is -2.83. The number of carbonyl (C=O) groups excluding carboxylic acids is 2. The molecule has 0 aliphatic carbocycles. The Labute approximate surface area is 172 Å². The monoisotopic (exact) mass is 412 g/mol. The largest absolute Gasteiger partial charge is 0.322 e. The van der Waals surface area contributed by atoms with Gasteiger partial charge in [0.25, 0.3) is 11.8 Å². The number of thioether (sulfide) groups is 1. The van der Waals surface area contributed by atoms with Gasteiger partial charge in [-0.15, -0.1) is 11.8 Å². The highest BCUT2D eigenvalue weighted by atomic mass is 35.5. The van der Waals surface area contributed by atoms with Crippen LogP contribution in [0.3, 0.4) is 0 Å². The Bertz CT molecular complexity index is 976. The van der Waals surface area contributed by atoms with E-state index >= 15 is 0 Å². The summed E-state index contributed by atoms with van der Waals surface area (Å²) < 4.78 is 1.67. The summed E-state index contributed by atoms with van der Waals surface area (Å²) in [6, 6.07) is 17.9. The van der Waals surface area contributed by atoms with E-state index in [0.717, 1.165) is 10.6 Å². The number of carbonyl (C=O) groups is 2. The summed E-state index contributed by atoms with van der Waals surface area (Å²) in [7, 11) is 0. The number of halogens is 1. The van der Waals surface area contributed by atoms with Gasteiger partial charge in [0.15, 0.2) is 12.4 Å². The van der Waals surface area contributed by atoms with Crippen LogP contribution in [-0.2, 0) is 11.3 Å². The first kappa shape index (κ1) is 19.9. The predicted molar refractivity (Wildman–Crippen MR) is 113 cm³/mol. The molecule has 28 heavy (non-hydrogen) atoms. The SMILES string of the molecule is CSc1ccc(NC(=O)C[n+]2cccc(C(=O)Nc3ccc(Cl)cc3)c2)cc1. The Morgan fingerprint density at radius 1 is 0.964 bits per heavy atom. The molecule has 0 aliphatic rings. The van der Waals surface area contributed by atoms with Crippen molar-refractivity contribution in [2.45, 2.75) is 11.4 Å². The molecule has 0 unspecified atom stereocenters. The first-order chi connectivity index (χ1) is 13.5. The molecule has 0 atom stereocenters. The number of nitrogens with zero attached hydrogens (tertiary/aromatic N) is 1. The maximum absolute atomic E-state index is 12.4. The fraction of sp³-hybridized carbons (Fsp3) is 0.0952. The minimum absolute atomic E-state index is 0.104. The maximum Gasteiger partial charge on any atom is 0.290 e. The van der Waals surface area contributed by atoms with Crippen LogP contribution in [0.2, 0.25) is 5.02 Å². The number of pyridine rings is 1. The Kier molecular flexibility index (Phi) is 6.68. The predicted octanol–water partition coefficient (Wildman–Crippen LogP) is 4.24. The fourth-order valence-corrected chi connectivity index (χ4v) is 3.07. The van der Waals surface area contributed by atoms with Gasteiger partial charge in [-0.25, -0.2) is 0 Å². The minimum Gasteiger partial charge on any atom is -0.322 e. The lowest BCUT2D eigenvalue weighted by atomic mass is 10.2. The van der Waals surface area contributed by atoms with Crippen LogP contribution in [0, 0.1) is 0 Å². The number of rotatable bonds is 6. The molecule has 3 rings (SSSR count). The molecule has 0 radical (unpaired) electrons. The first-order valence-electron chi connectivity index (χ1n) is 8.53. The summed E-state index contributed by atoms with van der Waals surface area (Å²) >= 11 is 7.50. The molecule has 0 bridgehead atoms. The van der Waals surface area contributed by atoms with Gasteiger partial charge in [0.2, 0.25) is 6.54 Å². The molecule has 5 nitrogen and oxygen atoms in total. The topological polar surface area (TPSA) is 62.1 Å². The number of amides is 2. The number of nitrogens with one attached hydrogen (secondary N) is 2. The highest BCUT2D eigenvalue weighted by Gasteiger charge is 2.14. The molecule has 0 aliphatic heterocycles. The normalized spacial score (nSPS) is 10.4. The molecule has 0 spiro atoms. The lowest BCUT2D eigenvalue weighted by Gasteiger charge is -2.06. The third-order valence-electron chi connectivity index (χ3n) is 3.92. The number of hydrogen-bond donors (Lipinski definition) is 2. The molecule has 0 saturated heterocycles. The number of benzene rings is 2. The van der Waals surface area contributed by atoms with E-state index in [1.54, 1.807) is 65.1 Å². The molecular weight excluding hydrogens is 394 g/mol. The van der Waals surface area contributed by atoms with Crippen LogP contribution < -0.4 is 15.2 Å². The average Bonchev–Trinajstić information content (AvgIpc) is 2.70. The van der Waals surface area contributed by atoms with Gasteiger partial charge in [0.05, 0.1) is 0 Å². The van der Waals surface area contributed by atoms with Gasteiger partial charge in [0, 0.05) is 27.4 Å². The second-order valence-electron chi connectivity index (χ2n) is 6.00. The van der Waals surface area contributed by atoms with Crippen LogP contribution in [-0.4, -0.2) is 18.1 Å². The van der Waals surface area contributed by atoms with E-state index in [-0.39, 0.29) is 18.4 Å². The molecule has 142 valence electrons. The van der Waals surface area contributed by atoms with Crippen molar-refractivity contribution in [2.24, 2.45) is 0 Å². The fourth-order valence-electron chi connectivity index (χ4n) is 2.53. The molecular formula is C21H19ClN3O2S+. The Balaban J connectivity index is 1.62. The van der Waals surface area contributed by atoms with Crippen LogP contribution >= 0.6 is 23.4 Å². The second kappa shape index (κ2) is 9.39. The van der Waals surface area contributed by atoms with Gasteiger partial charge in [-0.1, -0.05) is 11.6 Å². The molecule has 1 aromatic heterocycles. The van der Waals surface area contributed by atoms with E-state index < -0.39 is 0 Å². The number of aromatic nitrogens is 1. The summed E-state index contributed by atoms with van der Waals surface area (Å²) in [5.41, 5.74) is 1.84. The lowest BCUT2D eigenvalue weighted by Crippen LogP contribution is -2.40. The van der Waals surface area contributed by atoms with Crippen molar-refractivity contribution in [3.05, 3.63) is 83.6 Å². The van der Waals surface area contributed by atoms with Crippen molar-refractivity contribution < 1.29 is 14.2 Å². The molecule has 0 fully saturated rings. The van der Waals surface area contributed by atoms with Gasteiger partial charge in [-0.05, 0) is 60.9 Å². The minimum atomic E-state index is -0.260. The molecule has 7 heteroatoms. The molecule has 1 heterocycles. The third kappa shape index (κ3) is 5.58. The Morgan fingerprint density at radius 3 is 2.29 bits per heavy atom. The van der Waals surface area contributed by atoms with Crippen LogP contribution in [0.5, 0.6) is 0 Å². The zero-order chi connectivity index (χ0) is 19.9. The Morgan fingerprint density at radius 2 is 1.61 bits per heavy atom. The molecule has 2 amide bonds. The summed E-state index contributed by atoms with van der Waals surface area (Å²) in [5.74, 6) is -0.429. The van der Waals surface area contributed by atoms with E-state index in [0.29, 0.717) is 16.3 Å². The van der Waals surface area contributed by atoms with Gasteiger partial charge in [-0.2, -0.15) is 4.57 Å². The summed E-state index contributed by atoms with van der Waals surface area (Å²) in [5, 5.41) is 6.26. The second-order valence-corrected chi connectivity index (χ2v) is 7.32. The first-order valence-corrected chi connectivity index (χ1v) is 10.1. The van der Waals surface area contributed by atoms with E-state index in [1.807, 2.05) is 30.5 Å². The molecule has 3 aromatic rings. The third-order valence-corrected chi connectivity index (χ3v) is 4.92. The van der Waals surface area contributed by atoms with Crippen molar-refractivity contribution >= 4 is 46.6 Å². The highest BCUT2D eigenvalue weighted by Crippen LogP contribution is 2.17. The van der Waals surface area contributed by atoms with Crippen molar-refractivity contribution in [1.82, 2.24) is 0 Å². The van der Waals surface area contributed by atoms with Gasteiger partial charge in [0.1, 0.15) is 5.56 Å². The standard InChI is InChI=1S/C21H18ClN3O2S/c1-28-19-10-8-17(9-11-19)23-20(26)14-25-12-2-3-15(13-25)21(27)24-18-6-4-16(22)5-7-18/h2-13H,14H2,1H3,(H-,23,24,26,27)/p+1. The van der Waals surface area contributed by atoms with Crippen LogP contribution in [0.1, 0.15) is 10.4 Å². The lowest BCUT2D eigenvalue weighted by molar-refractivity contribution is -0.684. The number of hydrogen-bond acceptors (Lipinski definition) is 3. The van der Waals surface area contributed by atoms with Crippen molar-refractivity contribution in [1.29, 1.82) is 0 Å². The smallest absolute Gasteiger partial charge is 0.290 e. The average molecular weight is 413 g/mol. The van der Waals surface area contributed by atoms with Crippen molar-refractivity contribution in [3.8, 4) is 0 Å². The van der Waals surface area contributed by atoms with Crippen molar-refractivity contribution in [3.63, 3.8) is 0 Å². The van der Waals surface area contributed by atoms with E-state index in [1.165, 1.54) is 0 Å². The summed E-state index contributed by atoms with van der Waals surface area (Å²) in [6.45, 7) is 0.104. The van der Waals surface area contributed by atoms with Gasteiger partial charge in [-0.3, -0.25) is 9.59 Å². The van der Waals surface area contributed by atoms with Gasteiger partial charge < -0.3 is 10.6 Å². The van der Waals surface area contributed by atoms with Gasteiger partial charge >= 0.3 is 0 Å². The van der Waals surface area contributed by atoms with E-state index in [2.05, 4.69) is 10.6 Å². The molecule has 2 N–H and O–H groups in total. The summed E-state index contributed by atoms with van der Waals surface area (Å²) in [6.07, 6.45) is 5.39. The zero-order valence-electron chi connectivity index (χ0n) is 15.2. The van der Waals surface area contributed by atoms with E-state index in [9.17, 15) is 9.59 Å². The van der Waals surface area contributed by atoms with Crippen molar-refractivity contribution in [2.75, 3.05) is 16.9 Å². The zero-order valence-corrected chi connectivity index (χ0v) is 16.8.